The summed E-state index contributed by atoms with van der Waals surface area (Å²) in [5.74, 6) is 0.980. The summed E-state index contributed by atoms with van der Waals surface area (Å²) in [6.07, 6.45) is 0. The van der Waals surface area contributed by atoms with Crippen LogP contribution in [0.1, 0.15) is 28.8 Å². The van der Waals surface area contributed by atoms with Gasteiger partial charge in [0.2, 0.25) is 0 Å². The Hall–Kier alpha value is -2.29. The Morgan fingerprint density at radius 2 is 1.75 bits per heavy atom. The van der Waals surface area contributed by atoms with Crippen molar-refractivity contribution < 1.29 is 9.53 Å². The van der Waals surface area contributed by atoms with Crippen LogP contribution in [0.25, 0.3) is 0 Å². The first-order valence-electron chi connectivity index (χ1n) is 6.68. The summed E-state index contributed by atoms with van der Waals surface area (Å²) in [5.41, 5.74) is 1.87. The van der Waals surface area contributed by atoms with E-state index >= 15 is 0 Å². The van der Waals surface area contributed by atoms with Gasteiger partial charge in [-0.1, -0.05) is 37.3 Å². The molecule has 0 spiro atoms. The third kappa shape index (κ3) is 3.60. The maximum Gasteiger partial charge on any atom is 0.251 e. The van der Waals surface area contributed by atoms with Crippen LogP contribution in [0.5, 0.6) is 5.75 Å². The Labute approximate surface area is 119 Å². The van der Waals surface area contributed by atoms with Gasteiger partial charge in [-0.25, -0.2) is 0 Å². The zero-order valence-electron chi connectivity index (χ0n) is 11.8. The summed E-state index contributed by atoms with van der Waals surface area (Å²) >= 11 is 0. The van der Waals surface area contributed by atoms with E-state index in [2.05, 4.69) is 24.4 Å². The number of hydrogen-bond donors (Lipinski definition) is 1. The lowest BCUT2D eigenvalue weighted by molar-refractivity contribution is 0.0951. The molecule has 104 valence electrons. The van der Waals surface area contributed by atoms with Crippen LogP contribution in [-0.4, -0.2) is 19.6 Å². The molecule has 0 unspecified atom stereocenters. The number of carbonyl (C=O) groups is 1. The van der Waals surface area contributed by atoms with Crippen molar-refractivity contribution in [3.05, 3.63) is 65.7 Å². The molecule has 1 atom stereocenters. The Balaban J connectivity index is 1.91. The zero-order chi connectivity index (χ0) is 14.4. The number of methoxy groups -OCH3 is 1. The molecule has 0 saturated heterocycles. The van der Waals surface area contributed by atoms with Gasteiger partial charge in [0.25, 0.3) is 5.91 Å². The molecular formula is C17H19NO2. The van der Waals surface area contributed by atoms with Gasteiger partial charge in [-0.05, 0) is 35.7 Å². The maximum atomic E-state index is 12.0. The Morgan fingerprint density at radius 3 is 2.35 bits per heavy atom. The minimum Gasteiger partial charge on any atom is -0.497 e. The molecule has 0 heterocycles. The standard InChI is InChI=1S/C17H19NO2/c1-13(14-6-4-3-5-7-14)12-18-17(19)15-8-10-16(20-2)11-9-15/h3-11,13H,12H2,1-2H3,(H,18,19)/t13-/m0/s1. The Kier molecular flexibility index (Phi) is 4.77. The van der Waals surface area contributed by atoms with E-state index < -0.39 is 0 Å². The lowest BCUT2D eigenvalue weighted by atomic mass is 10.0. The molecule has 2 aromatic carbocycles. The van der Waals surface area contributed by atoms with Crippen LogP contribution in [0.2, 0.25) is 0 Å². The molecule has 1 amide bonds. The molecule has 1 N–H and O–H groups in total. The lowest BCUT2D eigenvalue weighted by Gasteiger charge is -2.13. The summed E-state index contributed by atoms with van der Waals surface area (Å²) in [6.45, 7) is 2.72. The smallest absolute Gasteiger partial charge is 0.251 e. The van der Waals surface area contributed by atoms with Crippen LogP contribution < -0.4 is 10.1 Å². The molecule has 2 rings (SSSR count). The summed E-state index contributed by atoms with van der Waals surface area (Å²) < 4.78 is 5.07. The summed E-state index contributed by atoms with van der Waals surface area (Å²) in [6, 6.07) is 17.3. The third-order valence-corrected chi connectivity index (χ3v) is 3.29. The highest BCUT2D eigenvalue weighted by molar-refractivity contribution is 5.94. The van der Waals surface area contributed by atoms with Crippen LogP contribution in [0.3, 0.4) is 0 Å². The van der Waals surface area contributed by atoms with Crippen molar-refractivity contribution in [1.82, 2.24) is 5.32 Å². The number of benzene rings is 2. The fourth-order valence-electron chi connectivity index (χ4n) is 1.99. The van der Waals surface area contributed by atoms with Gasteiger partial charge in [0, 0.05) is 12.1 Å². The van der Waals surface area contributed by atoms with Gasteiger partial charge in [0.15, 0.2) is 0 Å². The van der Waals surface area contributed by atoms with Gasteiger partial charge in [-0.3, -0.25) is 4.79 Å². The fourth-order valence-corrected chi connectivity index (χ4v) is 1.99. The summed E-state index contributed by atoms with van der Waals surface area (Å²) in [7, 11) is 1.61. The van der Waals surface area contributed by atoms with Crippen LogP contribution in [0.15, 0.2) is 54.6 Å². The highest BCUT2D eigenvalue weighted by Gasteiger charge is 2.09. The molecule has 0 bridgehead atoms. The second kappa shape index (κ2) is 6.75. The monoisotopic (exact) mass is 269 g/mol. The van der Waals surface area contributed by atoms with Crippen molar-refractivity contribution in [2.24, 2.45) is 0 Å². The first kappa shape index (κ1) is 14.1. The Bertz CT molecular complexity index is 549. The number of hydrogen-bond acceptors (Lipinski definition) is 2. The molecule has 0 fully saturated rings. The van der Waals surface area contributed by atoms with Gasteiger partial charge in [-0.2, -0.15) is 0 Å². The summed E-state index contributed by atoms with van der Waals surface area (Å²) in [4.78, 5) is 12.0. The van der Waals surface area contributed by atoms with E-state index in [1.54, 1.807) is 31.4 Å². The van der Waals surface area contributed by atoms with Crippen molar-refractivity contribution in [3.63, 3.8) is 0 Å². The largest absolute Gasteiger partial charge is 0.497 e. The van der Waals surface area contributed by atoms with Gasteiger partial charge in [-0.15, -0.1) is 0 Å². The highest BCUT2D eigenvalue weighted by atomic mass is 16.5. The van der Waals surface area contributed by atoms with E-state index in [1.807, 2.05) is 18.2 Å². The molecule has 0 radical (unpaired) electrons. The predicted octanol–water partition coefficient (Wildman–Crippen LogP) is 3.23. The van der Waals surface area contributed by atoms with Crippen LogP contribution >= 0.6 is 0 Å². The van der Waals surface area contributed by atoms with Crippen molar-refractivity contribution in [3.8, 4) is 5.75 Å². The van der Waals surface area contributed by atoms with Gasteiger partial charge < -0.3 is 10.1 Å². The van der Waals surface area contributed by atoms with Crippen molar-refractivity contribution in [1.29, 1.82) is 0 Å². The number of rotatable bonds is 5. The normalized spacial score (nSPS) is 11.7. The van der Waals surface area contributed by atoms with E-state index in [1.165, 1.54) is 5.56 Å². The van der Waals surface area contributed by atoms with Crippen LogP contribution in [0, 0.1) is 0 Å². The third-order valence-electron chi connectivity index (χ3n) is 3.29. The van der Waals surface area contributed by atoms with Crippen molar-refractivity contribution >= 4 is 5.91 Å². The molecule has 2 aromatic rings. The number of carbonyl (C=O) groups excluding carboxylic acids is 1. The van der Waals surface area contributed by atoms with Crippen LogP contribution in [0.4, 0.5) is 0 Å². The predicted molar refractivity (Wildman–Crippen MR) is 80.2 cm³/mol. The minimum absolute atomic E-state index is 0.0598. The van der Waals surface area contributed by atoms with E-state index in [9.17, 15) is 4.79 Å². The summed E-state index contributed by atoms with van der Waals surface area (Å²) in [5, 5.41) is 2.95. The van der Waals surface area contributed by atoms with Gasteiger partial charge in [0.1, 0.15) is 5.75 Å². The molecule has 20 heavy (non-hydrogen) atoms. The first-order valence-corrected chi connectivity index (χ1v) is 6.68. The average molecular weight is 269 g/mol. The zero-order valence-corrected chi connectivity index (χ0v) is 11.8. The fraction of sp³-hybridized carbons (Fsp3) is 0.235. The molecule has 0 aliphatic heterocycles. The van der Waals surface area contributed by atoms with Crippen molar-refractivity contribution in [2.75, 3.05) is 13.7 Å². The van der Waals surface area contributed by atoms with Gasteiger partial charge in [0.05, 0.1) is 7.11 Å². The van der Waals surface area contributed by atoms with Crippen molar-refractivity contribution in [2.45, 2.75) is 12.8 Å². The lowest BCUT2D eigenvalue weighted by Crippen LogP contribution is -2.27. The Morgan fingerprint density at radius 1 is 1.10 bits per heavy atom. The van der Waals surface area contributed by atoms with E-state index in [0.717, 1.165) is 5.75 Å². The minimum atomic E-state index is -0.0598. The molecule has 0 aliphatic carbocycles. The number of ether oxygens (including phenoxy) is 1. The second-order valence-electron chi connectivity index (χ2n) is 4.75. The number of amides is 1. The van der Waals surface area contributed by atoms with E-state index in [4.69, 9.17) is 4.74 Å². The molecule has 0 aliphatic rings. The molecular weight excluding hydrogens is 250 g/mol. The molecule has 3 heteroatoms. The second-order valence-corrected chi connectivity index (χ2v) is 4.75. The highest BCUT2D eigenvalue weighted by Crippen LogP contribution is 2.14. The maximum absolute atomic E-state index is 12.0. The van der Waals surface area contributed by atoms with Crippen LogP contribution in [-0.2, 0) is 0 Å². The van der Waals surface area contributed by atoms with E-state index in [0.29, 0.717) is 18.0 Å². The van der Waals surface area contributed by atoms with E-state index in [-0.39, 0.29) is 5.91 Å². The quantitative estimate of drug-likeness (QED) is 0.905. The number of nitrogens with one attached hydrogen (secondary N) is 1. The van der Waals surface area contributed by atoms with Gasteiger partial charge >= 0.3 is 0 Å². The SMILES string of the molecule is COc1ccc(C(=O)NC[C@H](C)c2ccccc2)cc1. The topological polar surface area (TPSA) is 38.3 Å². The first-order chi connectivity index (χ1) is 9.70. The average Bonchev–Trinajstić information content (AvgIpc) is 2.53. The molecule has 3 nitrogen and oxygen atoms in total. The molecule has 0 saturated carbocycles. The molecule has 0 aromatic heterocycles.